The SMILES string of the molecule is CC(NC(=O)C(NC(=O)c1ccccc1)C(C)C)c1ccc(Cl)c(Cl)c1. The number of carbonyl (C=O) groups is 2. The maximum atomic E-state index is 12.7. The van der Waals surface area contributed by atoms with Gasteiger partial charge in [0.05, 0.1) is 16.1 Å². The lowest BCUT2D eigenvalue weighted by Crippen LogP contribution is -2.50. The van der Waals surface area contributed by atoms with Crippen LogP contribution in [0.15, 0.2) is 48.5 Å². The number of hydrogen-bond acceptors (Lipinski definition) is 2. The molecule has 0 aliphatic rings. The molecule has 26 heavy (non-hydrogen) atoms. The van der Waals surface area contributed by atoms with Gasteiger partial charge in [0.2, 0.25) is 5.91 Å². The zero-order chi connectivity index (χ0) is 19.3. The summed E-state index contributed by atoms with van der Waals surface area (Å²) in [6, 6.07) is 13.1. The molecule has 2 atom stereocenters. The van der Waals surface area contributed by atoms with E-state index in [4.69, 9.17) is 23.2 Å². The lowest BCUT2D eigenvalue weighted by Gasteiger charge is -2.24. The van der Waals surface area contributed by atoms with Crippen LogP contribution in [0, 0.1) is 5.92 Å². The van der Waals surface area contributed by atoms with Crippen molar-refractivity contribution in [3.63, 3.8) is 0 Å². The molecular weight excluding hydrogens is 371 g/mol. The highest BCUT2D eigenvalue weighted by atomic mass is 35.5. The summed E-state index contributed by atoms with van der Waals surface area (Å²) in [6.07, 6.45) is 0. The highest BCUT2D eigenvalue weighted by Gasteiger charge is 2.26. The van der Waals surface area contributed by atoms with Gasteiger partial charge in [-0.3, -0.25) is 9.59 Å². The smallest absolute Gasteiger partial charge is 0.251 e. The van der Waals surface area contributed by atoms with Crippen LogP contribution >= 0.6 is 23.2 Å². The number of halogens is 2. The molecular formula is C20H22Cl2N2O2. The van der Waals surface area contributed by atoms with Crippen molar-refractivity contribution >= 4 is 35.0 Å². The normalized spacial score (nSPS) is 13.2. The van der Waals surface area contributed by atoms with Gasteiger partial charge in [-0.1, -0.05) is 61.3 Å². The molecule has 0 saturated carbocycles. The summed E-state index contributed by atoms with van der Waals surface area (Å²) in [5.41, 5.74) is 1.35. The Morgan fingerprint density at radius 1 is 0.885 bits per heavy atom. The fourth-order valence-corrected chi connectivity index (χ4v) is 2.82. The largest absolute Gasteiger partial charge is 0.348 e. The Kier molecular flexibility index (Phi) is 7.06. The topological polar surface area (TPSA) is 58.2 Å². The van der Waals surface area contributed by atoms with E-state index in [1.807, 2.05) is 32.9 Å². The maximum Gasteiger partial charge on any atom is 0.251 e. The molecule has 6 heteroatoms. The lowest BCUT2D eigenvalue weighted by molar-refractivity contribution is -0.124. The van der Waals surface area contributed by atoms with Crippen molar-refractivity contribution in [3.05, 3.63) is 69.7 Å². The van der Waals surface area contributed by atoms with Gasteiger partial charge in [0, 0.05) is 5.56 Å². The van der Waals surface area contributed by atoms with Crippen LogP contribution in [-0.2, 0) is 4.79 Å². The predicted octanol–water partition coefficient (Wildman–Crippen LogP) is 4.63. The van der Waals surface area contributed by atoms with Crippen molar-refractivity contribution in [2.75, 3.05) is 0 Å². The quantitative estimate of drug-likeness (QED) is 0.752. The highest BCUT2D eigenvalue weighted by molar-refractivity contribution is 6.42. The van der Waals surface area contributed by atoms with E-state index in [1.165, 1.54) is 0 Å². The number of rotatable bonds is 6. The van der Waals surface area contributed by atoms with Gasteiger partial charge in [-0.2, -0.15) is 0 Å². The summed E-state index contributed by atoms with van der Waals surface area (Å²) < 4.78 is 0. The van der Waals surface area contributed by atoms with Gasteiger partial charge in [-0.15, -0.1) is 0 Å². The van der Waals surface area contributed by atoms with Crippen LogP contribution < -0.4 is 10.6 Å². The van der Waals surface area contributed by atoms with E-state index in [1.54, 1.807) is 36.4 Å². The molecule has 0 radical (unpaired) electrons. The minimum atomic E-state index is -0.645. The molecule has 2 amide bonds. The molecule has 0 saturated heterocycles. The fourth-order valence-electron chi connectivity index (χ4n) is 2.52. The minimum Gasteiger partial charge on any atom is -0.348 e. The van der Waals surface area contributed by atoms with Crippen LogP contribution in [0.3, 0.4) is 0 Å². The number of hydrogen-bond donors (Lipinski definition) is 2. The average Bonchev–Trinajstić information content (AvgIpc) is 2.62. The van der Waals surface area contributed by atoms with Crippen LogP contribution in [0.1, 0.15) is 42.7 Å². The Balaban J connectivity index is 2.08. The average molecular weight is 393 g/mol. The molecule has 0 bridgehead atoms. The van der Waals surface area contributed by atoms with Crippen molar-refractivity contribution in [2.45, 2.75) is 32.9 Å². The van der Waals surface area contributed by atoms with Crippen LogP contribution in [0.2, 0.25) is 10.0 Å². The van der Waals surface area contributed by atoms with E-state index in [9.17, 15) is 9.59 Å². The predicted molar refractivity (Wildman–Crippen MR) is 106 cm³/mol. The standard InChI is InChI=1S/C20H22Cl2N2O2/c1-12(2)18(24-19(25)14-7-5-4-6-8-14)20(26)23-13(3)15-9-10-16(21)17(22)11-15/h4-13,18H,1-3H3,(H,23,26)(H,24,25). The van der Waals surface area contributed by atoms with Crippen LogP contribution in [0.5, 0.6) is 0 Å². The number of nitrogens with one attached hydrogen (secondary N) is 2. The summed E-state index contributed by atoms with van der Waals surface area (Å²) in [5.74, 6) is -0.590. The van der Waals surface area contributed by atoms with Gasteiger partial charge in [-0.05, 0) is 42.7 Å². The summed E-state index contributed by atoms with van der Waals surface area (Å²) in [6.45, 7) is 5.63. The second kappa shape index (κ2) is 9.06. The third-order valence-electron chi connectivity index (χ3n) is 4.07. The Morgan fingerprint density at radius 2 is 1.54 bits per heavy atom. The Hall–Kier alpha value is -2.04. The fraction of sp³-hybridized carbons (Fsp3) is 0.300. The molecule has 0 spiro atoms. The summed E-state index contributed by atoms with van der Waals surface area (Å²) in [4.78, 5) is 25.1. The number of amides is 2. The van der Waals surface area contributed by atoms with E-state index in [0.717, 1.165) is 5.56 Å². The molecule has 2 unspecified atom stereocenters. The Morgan fingerprint density at radius 3 is 2.12 bits per heavy atom. The Bertz CT molecular complexity index is 779. The van der Waals surface area contributed by atoms with Crippen molar-refractivity contribution in [1.29, 1.82) is 0 Å². The van der Waals surface area contributed by atoms with E-state index in [0.29, 0.717) is 15.6 Å². The van der Waals surface area contributed by atoms with Crippen LogP contribution in [0.4, 0.5) is 0 Å². The van der Waals surface area contributed by atoms with Gasteiger partial charge in [0.25, 0.3) is 5.91 Å². The zero-order valence-corrected chi connectivity index (χ0v) is 16.4. The molecule has 0 aliphatic heterocycles. The van der Waals surface area contributed by atoms with E-state index >= 15 is 0 Å². The summed E-state index contributed by atoms with van der Waals surface area (Å²) >= 11 is 12.0. The third-order valence-corrected chi connectivity index (χ3v) is 4.81. The summed E-state index contributed by atoms with van der Waals surface area (Å²) in [5, 5.41) is 6.63. The molecule has 2 rings (SSSR count). The van der Waals surface area contributed by atoms with Gasteiger partial charge in [0.1, 0.15) is 6.04 Å². The minimum absolute atomic E-state index is 0.0660. The van der Waals surface area contributed by atoms with Gasteiger partial charge < -0.3 is 10.6 Å². The number of carbonyl (C=O) groups excluding carboxylic acids is 2. The van der Waals surface area contributed by atoms with Crippen molar-refractivity contribution < 1.29 is 9.59 Å². The molecule has 0 aromatic heterocycles. The van der Waals surface area contributed by atoms with Gasteiger partial charge in [0.15, 0.2) is 0 Å². The molecule has 0 aliphatic carbocycles. The molecule has 2 N–H and O–H groups in total. The molecule has 2 aromatic carbocycles. The van der Waals surface area contributed by atoms with E-state index in [2.05, 4.69) is 10.6 Å². The Labute approximate surface area is 163 Å². The first-order valence-corrected chi connectivity index (χ1v) is 9.16. The highest BCUT2D eigenvalue weighted by Crippen LogP contribution is 2.25. The molecule has 4 nitrogen and oxygen atoms in total. The first kappa shape index (κ1) is 20.3. The molecule has 138 valence electrons. The first-order chi connectivity index (χ1) is 12.3. The lowest BCUT2D eigenvalue weighted by atomic mass is 10.0. The van der Waals surface area contributed by atoms with Gasteiger partial charge >= 0.3 is 0 Å². The van der Waals surface area contributed by atoms with Gasteiger partial charge in [-0.25, -0.2) is 0 Å². The van der Waals surface area contributed by atoms with Crippen molar-refractivity contribution in [1.82, 2.24) is 10.6 Å². The van der Waals surface area contributed by atoms with Crippen LogP contribution in [0.25, 0.3) is 0 Å². The second-order valence-corrected chi connectivity index (χ2v) is 7.28. The van der Waals surface area contributed by atoms with E-state index < -0.39 is 6.04 Å². The van der Waals surface area contributed by atoms with Crippen LogP contribution in [-0.4, -0.2) is 17.9 Å². The maximum absolute atomic E-state index is 12.7. The van der Waals surface area contributed by atoms with Crippen molar-refractivity contribution in [3.8, 4) is 0 Å². The molecule has 0 heterocycles. The molecule has 2 aromatic rings. The van der Waals surface area contributed by atoms with Crippen molar-refractivity contribution in [2.24, 2.45) is 5.92 Å². The van der Waals surface area contributed by atoms with E-state index in [-0.39, 0.29) is 23.8 Å². The zero-order valence-electron chi connectivity index (χ0n) is 14.9. The first-order valence-electron chi connectivity index (χ1n) is 8.41. The monoisotopic (exact) mass is 392 g/mol. The third kappa shape index (κ3) is 5.23. The molecule has 0 fully saturated rings. The summed E-state index contributed by atoms with van der Waals surface area (Å²) in [7, 11) is 0. The number of benzene rings is 2. The second-order valence-electron chi connectivity index (χ2n) is 6.46.